The molecule has 1 unspecified atom stereocenters. The smallest absolute Gasteiger partial charge is 0.244 e. The molecule has 6 heteroatoms. The fourth-order valence-electron chi connectivity index (χ4n) is 3.39. The maximum atomic E-state index is 5.79. The van der Waals surface area contributed by atoms with Crippen molar-refractivity contribution in [3.8, 4) is 11.8 Å². The molecule has 0 aliphatic carbocycles. The molecule has 5 nitrogen and oxygen atoms in total. The first-order valence-electron chi connectivity index (χ1n) is 10.9. The van der Waals surface area contributed by atoms with Gasteiger partial charge in [0, 0.05) is 5.92 Å². The number of methoxy groups -OCH3 is 2. The van der Waals surface area contributed by atoms with Crippen molar-refractivity contribution in [3.05, 3.63) is 6.33 Å². The number of anilines is 1. The highest BCUT2D eigenvalue weighted by Gasteiger charge is 2.19. The van der Waals surface area contributed by atoms with Crippen LogP contribution < -0.4 is 14.8 Å². The fraction of sp³-hybridized carbons (Fsp3) is 0.773. The molecule has 1 N–H and O–H groups in total. The van der Waals surface area contributed by atoms with Crippen LogP contribution in [0.1, 0.15) is 90.9 Å². The Hall–Kier alpha value is -1.43. The van der Waals surface area contributed by atoms with Crippen molar-refractivity contribution in [2.45, 2.75) is 90.9 Å². The number of nitrogens with zero attached hydrogens (tertiary/aromatic N) is 2. The number of rotatable bonds is 16. The fourth-order valence-corrected chi connectivity index (χ4v) is 3.73. The van der Waals surface area contributed by atoms with Crippen molar-refractivity contribution in [1.29, 1.82) is 0 Å². The minimum absolute atomic E-state index is 0.368. The maximum Gasteiger partial charge on any atom is 0.244 e. The van der Waals surface area contributed by atoms with E-state index >= 15 is 0 Å². The summed E-state index contributed by atoms with van der Waals surface area (Å²) in [4.78, 5) is 9.19. The molecule has 0 saturated heterocycles. The molecule has 0 spiro atoms. The van der Waals surface area contributed by atoms with Crippen LogP contribution in [0.2, 0.25) is 0 Å². The standard InChI is InChI=1S/C22H39N3O2S/c1-5-7-9-11-12-14-16-18(15-13-10-8-6-2)22(28)25-19-20(26-3)23-17-24-21(19)27-4/h17-18H,5-16H2,1-4H3,(H,25,28). The number of hydrogen-bond acceptors (Lipinski definition) is 5. The third-order valence-corrected chi connectivity index (χ3v) is 5.53. The second kappa shape index (κ2) is 15.5. The average Bonchev–Trinajstić information content (AvgIpc) is 2.72. The van der Waals surface area contributed by atoms with E-state index in [1.165, 1.54) is 70.5 Å². The van der Waals surface area contributed by atoms with Crippen molar-refractivity contribution in [2.24, 2.45) is 5.92 Å². The second-order valence-electron chi connectivity index (χ2n) is 7.36. The first-order chi connectivity index (χ1) is 13.7. The van der Waals surface area contributed by atoms with E-state index in [2.05, 4.69) is 29.1 Å². The normalized spacial score (nSPS) is 11.9. The monoisotopic (exact) mass is 409 g/mol. The molecule has 0 saturated carbocycles. The predicted octanol–water partition coefficient (Wildman–Crippen LogP) is 6.57. The molecule has 28 heavy (non-hydrogen) atoms. The molecule has 160 valence electrons. The van der Waals surface area contributed by atoms with Crippen LogP contribution in [0.25, 0.3) is 0 Å². The van der Waals surface area contributed by atoms with E-state index in [9.17, 15) is 0 Å². The Morgan fingerprint density at radius 2 is 1.32 bits per heavy atom. The summed E-state index contributed by atoms with van der Waals surface area (Å²) in [5.41, 5.74) is 0.624. The minimum atomic E-state index is 0.368. The van der Waals surface area contributed by atoms with Gasteiger partial charge in [-0.25, -0.2) is 0 Å². The molecule has 0 aliphatic rings. The van der Waals surface area contributed by atoms with E-state index in [-0.39, 0.29) is 0 Å². The average molecular weight is 410 g/mol. The highest BCUT2D eigenvalue weighted by atomic mass is 32.1. The van der Waals surface area contributed by atoms with Crippen LogP contribution in [0.3, 0.4) is 0 Å². The topological polar surface area (TPSA) is 56.3 Å². The lowest BCUT2D eigenvalue weighted by molar-refractivity contribution is 0.375. The first-order valence-corrected chi connectivity index (χ1v) is 11.3. The molecule has 0 aliphatic heterocycles. The van der Waals surface area contributed by atoms with Crippen LogP contribution in [-0.4, -0.2) is 29.2 Å². The third kappa shape index (κ3) is 9.18. The Morgan fingerprint density at radius 3 is 1.82 bits per heavy atom. The van der Waals surface area contributed by atoms with E-state index in [1.54, 1.807) is 14.2 Å². The van der Waals surface area contributed by atoms with Crippen LogP contribution in [0, 0.1) is 5.92 Å². The van der Waals surface area contributed by atoms with E-state index in [0.29, 0.717) is 23.4 Å². The van der Waals surface area contributed by atoms with Gasteiger partial charge in [-0.15, -0.1) is 0 Å². The summed E-state index contributed by atoms with van der Waals surface area (Å²) >= 11 is 5.79. The first kappa shape index (κ1) is 24.6. The Kier molecular flexibility index (Phi) is 13.6. The van der Waals surface area contributed by atoms with Gasteiger partial charge in [-0.3, -0.25) is 0 Å². The lowest BCUT2D eigenvalue weighted by Crippen LogP contribution is -2.22. The van der Waals surface area contributed by atoms with Gasteiger partial charge in [0.2, 0.25) is 11.8 Å². The number of nitrogens with one attached hydrogen (secondary N) is 1. The highest BCUT2D eigenvalue weighted by molar-refractivity contribution is 7.80. The van der Waals surface area contributed by atoms with Crippen molar-refractivity contribution in [1.82, 2.24) is 9.97 Å². The molecule has 0 radical (unpaired) electrons. The summed E-state index contributed by atoms with van der Waals surface area (Å²) in [6.45, 7) is 4.50. The zero-order valence-electron chi connectivity index (χ0n) is 18.3. The van der Waals surface area contributed by atoms with Gasteiger partial charge in [-0.1, -0.05) is 90.3 Å². The Labute approximate surface area is 177 Å². The highest BCUT2D eigenvalue weighted by Crippen LogP contribution is 2.31. The zero-order chi connectivity index (χ0) is 20.6. The number of thiocarbonyl (C=S) groups is 1. The number of ether oxygens (including phenoxy) is 2. The largest absolute Gasteiger partial charge is 0.479 e. The number of unbranched alkanes of at least 4 members (excludes halogenated alkanes) is 8. The lowest BCUT2D eigenvalue weighted by atomic mass is 9.94. The summed E-state index contributed by atoms with van der Waals surface area (Å²) in [6.07, 6.45) is 16.5. The second-order valence-corrected chi connectivity index (χ2v) is 7.80. The predicted molar refractivity (Wildman–Crippen MR) is 122 cm³/mol. The van der Waals surface area contributed by atoms with Gasteiger partial charge in [-0.05, 0) is 12.8 Å². The van der Waals surface area contributed by atoms with Gasteiger partial charge < -0.3 is 14.8 Å². The Morgan fingerprint density at radius 1 is 0.857 bits per heavy atom. The lowest BCUT2D eigenvalue weighted by Gasteiger charge is -2.21. The molecule has 1 aromatic heterocycles. The van der Waals surface area contributed by atoms with Gasteiger partial charge in [0.25, 0.3) is 0 Å². The van der Waals surface area contributed by atoms with Crippen LogP contribution in [0.5, 0.6) is 11.8 Å². The zero-order valence-corrected chi connectivity index (χ0v) is 19.1. The van der Waals surface area contributed by atoms with E-state index in [0.717, 1.165) is 17.8 Å². The summed E-state index contributed by atoms with van der Waals surface area (Å²) in [7, 11) is 3.18. The molecule has 1 heterocycles. The SMILES string of the molecule is CCCCCCCCC(CCCCCC)C(=S)Nc1c(OC)ncnc1OC. The van der Waals surface area contributed by atoms with Crippen LogP contribution >= 0.6 is 12.2 Å². The van der Waals surface area contributed by atoms with Crippen molar-refractivity contribution in [2.75, 3.05) is 19.5 Å². The molecule has 1 rings (SSSR count). The molecular weight excluding hydrogens is 370 g/mol. The maximum absolute atomic E-state index is 5.79. The van der Waals surface area contributed by atoms with Gasteiger partial charge in [-0.2, -0.15) is 9.97 Å². The summed E-state index contributed by atoms with van der Waals surface area (Å²) in [5.74, 6) is 1.28. The van der Waals surface area contributed by atoms with Crippen LogP contribution in [0.4, 0.5) is 5.69 Å². The molecule has 0 aromatic carbocycles. The van der Waals surface area contributed by atoms with Gasteiger partial charge in [0.05, 0.1) is 19.2 Å². The third-order valence-electron chi connectivity index (χ3n) is 5.10. The summed E-state index contributed by atoms with van der Waals surface area (Å²) in [6, 6.07) is 0. The van der Waals surface area contributed by atoms with E-state index < -0.39 is 0 Å². The molecule has 0 amide bonds. The Bertz CT molecular complexity index is 532. The number of aromatic nitrogens is 2. The molecule has 1 atom stereocenters. The molecular formula is C22H39N3O2S. The van der Waals surface area contributed by atoms with Crippen molar-refractivity contribution in [3.63, 3.8) is 0 Å². The van der Waals surface area contributed by atoms with E-state index in [4.69, 9.17) is 21.7 Å². The molecule has 0 fully saturated rings. The van der Waals surface area contributed by atoms with Crippen molar-refractivity contribution < 1.29 is 9.47 Å². The summed E-state index contributed by atoms with van der Waals surface area (Å²) < 4.78 is 10.7. The molecule has 1 aromatic rings. The van der Waals surface area contributed by atoms with Gasteiger partial charge in [0.15, 0.2) is 5.69 Å². The minimum Gasteiger partial charge on any atom is -0.479 e. The van der Waals surface area contributed by atoms with E-state index in [1.807, 2.05) is 0 Å². The number of hydrogen-bond donors (Lipinski definition) is 1. The van der Waals surface area contributed by atoms with Crippen LogP contribution in [0.15, 0.2) is 6.33 Å². The molecule has 0 bridgehead atoms. The van der Waals surface area contributed by atoms with Crippen molar-refractivity contribution >= 4 is 22.9 Å². The van der Waals surface area contributed by atoms with Gasteiger partial charge in [0.1, 0.15) is 6.33 Å². The quantitative estimate of drug-likeness (QED) is 0.246. The summed E-state index contributed by atoms with van der Waals surface area (Å²) in [5, 5.41) is 3.34. The van der Waals surface area contributed by atoms with Gasteiger partial charge >= 0.3 is 0 Å². The van der Waals surface area contributed by atoms with Crippen LogP contribution in [-0.2, 0) is 0 Å². The Balaban J connectivity index is 2.69.